The molecule has 3 aromatic rings. The zero-order valence-electron chi connectivity index (χ0n) is 21.3. The highest BCUT2D eigenvalue weighted by atomic mass is 35.5. The maximum Gasteiger partial charge on any atom is 0.411 e. The normalized spacial score (nSPS) is 20.1. The molecule has 37 heavy (non-hydrogen) atoms. The van der Waals surface area contributed by atoms with Crippen LogP contribution in [0.4, 0.5) is 21.0 Å². The van der Waals surface area contributed by atoms with E-state index in [1.54, 1.807) is 11.0 Å². The van der Waals surface area contributed by atoms with Gasteiger partial charge in [0.1, 0.15) is 17.2 Å². The fraction of sp³-hybridized carbons (Fsp3) is 0.462. The van der Waals surface area contributed by atoms with Gasteiger partial charge in [0.05, 0.1) is 24.5 Å². The molecule has 1 aromatic carbocycles. The Morgan fingerprint density at radius 3 is 2.51 bits per heavy atom. The van der Waals surface area contributed by atoms with Gasteiger partial charge in [-0.05, 0) is 63.6 Å². The molecule has 194 valence electrons. The van der Waals surface area contributed by atoms with Crippen LogP contribution in [0.3, 0.4) is 0 Å². The third-order valence-electron chi connectivity index (χ3n) is 7.19. The quantitative estimate of drug-likeness (QED) is 0.484. The van der Waals surface area contributed by atoms with Crippen molar-refractivity contribution in [3.05, 3.63) is 58.8 Å². The summed E-state index contributed by atoms with van der Waals surface area (Å²) in [7, 11) is 0. The van der Waals surface area contributed by atoms with Gasteiger partial charge >= 0.3 is 6.09 Å². The topological polar surface area (TPSA) is 79.6 Å². The first kappa shape index (κ1) is 24.0. The van der Waals surface area contributed by atoms with E-state index in [-0.39, 0.29) is 17.3 Å². The van der Waals surface area contributed by atoms with Crippen LogP contribution in [0.25, 0.3) is 5.69 Å². The molecule has 0 bridgehead atoms. The number of halogens is 2. The fourth-order valence-electron chi connectivity index (χ4n) is 5.48. The second kappa shape index (κ2) is 8.31. The van der Waals surface area contributed by atoms with Gasteiger partial charge in [-0.1, -0.05) is 11.6 Å². The average Bonchev–Trinajstić information content (AvgIpc) is 3.15. The average molecular weight is 526 g/mol. The Morgan fingerprint density at radius 2 is 1.84 bits per heavy atom. The van der Waals surface area contributed by atoms with Crippen molar-refractivity contribution in [2.24, 2.45) is 5.41 Å². The number of anilines is 2. The number of hydrogen-bond acceptors (Lipinski definition) is 7. The van der Waals surface area contributed by atoms with Crippen molar-refractivity contribution in [3.63, 3.8) is 0 Å². The Labute approximate surface area is 219 Å². The highest BCUT2D eigenvalue weighted by molar-refractivity contribution is 6.30. The molecular formula is C26H29ClFN7O2. The maximum absolute atomic E-state index is 13.2. The molecule has 3 aliphatic rings. The van der Waals surface area contributed by atoms with E-state index in [2.05, 4.69) is 25.0 Å². The maximum atomic E-state index is 13.2. The number of benzene rings is 1. The summed E-state index contributed by atoms with van der Waals surface area (Å²) in [6.45, 7) is 11.2. The molecule has 2 aromatic heterocycles. The van der Waals surface area contributed by atoms with E-state index in [4.69, 9.17) is 16.3 Å². The van der Waals surface area contributed by atoms with Crippen LogP contribution in [0, 0.1) is 11.2 Å². The first-order valence-electron chi connectivity index (χ1n) is 12.4. The minimum atomic E-state index is -0.620. The van der Waals surface area contributed by atoms with Gasteiger partial charge in [-0.2, -0.15) is 0 Å². The predicted molar refractivity (Wildman–Crippen MR) is 138 cm³/mol. The molecule has 0 N–H and O–H groups in total. The zero-order chi connectivity index (χ0) is 26.1. The Kier molecular flexibility index (Phi) is 5.38. The molecule has 2 saturated heterocycles. The van der Waals surface area contributed by atoms with E-state index >= 15 is 0 Å². The number of rotatable bonds is 2. The van der Waals surface area contributed by atoms with E-state index in [1.807, 2.05) is 50.5 Å². The number of pyridine rings is 1. The lowest BCUT2D eigenvalue weighted by Gasteiger charge is -2.60. The Hall–Kier alpha value is -3.40. The molecule has 1 spiro atoms. The number of carbonyl (C=O) groups excluding carboxylic acids is 1. The van der Waals surface area contributed by atoms with Crippen molar-refractivity contribution in [1.29, 1.82) is 0 Å². The summed E-state index contributed by atoms with van der Waals surface area (Å²) in [6, 6.07) is 8.49. The van der Waals surface area contributed by atoms with Crippen LogP contribution in [-0.2, 0) is 11.3 Å². The van der Waals surface area contributed by atoms with Gasteiger partial charge in [0, 0.05) is 36.6 Å². The van der Waals surface area contributed by atoms with E-state index in [1.165, 1.54) is 12.3 Å². The summed E-state index contributed by atoms with van der Waals surface area (Å²) >= 11 is 6.36. The SMILES string of the molecule is CC1c2nnc(N3CC4(CN(c5ccc(F)cn5)C4)C3)n2-c2ccc(Cl)cc2CN1C(=O)OC(C)(C)C. The lowest BCUT2D eigenvalue weighted by Crippen LogP contribution is -2.73. The van der Waals surface area contributed by atoms with Crippen molar-refractivity contribution in [1.82, 2.24) is 24.6 Å². The molecule has 0 radical (unpaired) electrons. The highest BCUT2D eigenvalue weighted by Crippen LogP contribution is 2.44. The Balaban J connectivity index is 1.27. The summed E-state index contributed by atoms with van der Waals surface area (Å²) in [4.78, 5) is 23.4. The third kappa shape index (κ3) is 4.17. The molecule has 3 aliphatic heterocycles. The molecule has 6 rings (SSSR count). The number of amides is 1. The van der Waals surface area contributed by atoms with E-state index in [0.717, 1.165) is 49.2 Å². The van der Waals surface area contributed by atoms with E-state index < -0.39 is 11.7 Å². The first-order valence-corrected chi connectivity index (χ1v) is 12.7. The summed E-state index contributed by atoms with van der Waals surface area (Å²) in [5, 5.41) is 9.72. The van der Waals surface area contributed by atoms with Crippen LogP contribution in [0.15, 0.2) is 36.5 Å². The Morgan fingerprint density at radius 1 is 1.11 bits per heavy atom. The molecule has 0 saturated carbocycles. The Bertz CT molecular complexity index is 1360. The molecule has 1 atom stereocenters. The molecule has 9 nitrogen and oxygen atoms in total. The molecule has 1 unspecified atom stereocenters. The standard InChI is InChI=1S/C26H29ClFN7O2/c1-16-22-30-31-23(33-14-26(15-33)12-32(13-26)21-8-6-19(28)10-29-21)35(22)20-7-5-18(27)9-17(20)11-34(16)24(36)37-25(2,3)4/h5-10,16H,11-15H2,1-4H3. The summed E-state index contributed by atoms with van der Waals surface area (Å²) in [5.74, 6) is 1.89. The van der Waals surface area contributed by atoms with Crippen LogP contribution in [-0.4, -0.2) is 62.5 Å². The number of fused-ring (bicyclic) bond motifs is 3. The monoisotopic (exact) mass is 525 g/mol. The second-order valence-corrected chi connectivity index (χ2v) is 11.7. The highest BCUT2D eigenvalue weighted by Gasteiger charge is 2.53. The lowest BCUT2D eigenvalue weighted by atomic mass is 9.73. The lowest BCUT2D eigenvalue weighted by molar-refractivity contribution is 0.0149. The molecule has 1 amide bonds. The summed E-state index contributed by atoms with van der Waals surface area (Å²) in [5.41, 5.74) is 1.33. The van der Waals surface area contributed by atoms with Crippen molar-refractivity contribution in [3.8, 4) is 5.69 Å². The molecule has 5 heterocycles. The second-order valence-electron chi connectivity index (χ2n) is 11.3. The van der Waals surface area contributed by atoms with Crippen molar-refractivity contribution in [2.45, 2.75) is 45.9 Å². The summed E-state index contributed by atoms with van der Waals surface area (Å²) < 4.78 is 21.0. The smallest absolute Gasteiger partial charge is 0.411 e. The minimum absolute atomic E-state index is 0.143. The van der Waals surface area contributed by atoms with Crippen LogP contribution < -0.4 is 9.80 Å². The summed E-state index contributed by atoms with van der Waals surface area (Å²) in [6.07, 6.45) is 0.848. The first-order chi connectivity index (χ1) is 17.5. The van der Waals surface area contributed by atoms with Gasteiger partial charge in [-0.3, -0.25) is 9.47 Å². The largest absolute Gasteiger partial charge is 0.444 e. The van der Waals surface area contributed by atoms with E-state index in [9.17, 15) is 9.18 Å². The van der Waals surface area contributed by atoms with Crippen LogP contribution >= 0.6 is 11.6 Å². The van der Waals surface area contributed by atoms with Gasteiger partial charge in [0.25, 0.3) is 0 Å². The number of nitrogens with zero attached hydrogens (tertiary/aromatic N) is 7. The van der Waals surface area contributed by atoms with Crippen molar-refractivity contribution in [2.75, 3.05) is 36.0 Å². The van der Waals surface area contributed by atoms with Gasteiger partial charge in [-0.15, -0.1) is 10.2 Å². The third-order valence-corrected chi connectivity index (χ3v) is 7.42. The van der Waals surface area contributed by atoms with Gasteiger partial charge < -0.3 is 14.5 Å². The number of carbonyl (C=O) groups is 1. The molecule has 11 heteroatoms. The van der Waals surface area contributed by atoms with Crippen LogP contribution in [0.1, 0.15) is 45.1 Å². The van der Waals surface area contributed by atoms with Crippen LogP contribution in [0.2, 0.25) is 5.02 Å². The number of hydrogen-bond donors (Lipinski definition) is 0. The van der Waals surface area contributed by atoms with Crippen molar-refractivity contribution < 1.29 is 13.9 Å². The zero-order valence-corrected chi connectivity index (χ0v) is 22.0. The minimum Gasteiger partial charge on any atom is -0.444 e. The number of ether oxygens (including phenoxy) is 1. The van der Waals surface area contributed by atoms with Crippen molar-refractivity contribution >= 4 is 29.5 Å². The fourth-order valence-corrected chi connectivity index (χ4v) is 5.68. The van der Waals surface area contributed by atoms with Gasteiger partial charge in [-0.25, -0.2) is 14.2 Å². The predicted octanol–water partition coefficient (Wildman–Crippen LogP) is 4.59. The van der Waals surface area contributed by atoms with Crippen LogP contribution in [0.5, 0.6) is 0 Å². The number of aromatic nitrogens is 4. The molecular weight excluding hydrogens is 497 g/mol. The van der Waals surface area contributed by atoms with E-state index in [0.29, 0.717) is 17.4 Å². The van der Waals surface area contributed by atoms with Gasteiger partial charge in [0.2, 0.25) is 5.95 Å². The molecule has 2 fully saturated rings. The molecule has 0 aliphatic carbocycles. The van der Waals surface area contributed by atoms with Gasteiger partial charge in [0.15, 0.2) is 5.82 Å².